The number of piperazine rings is 1. The first-order chi connectivity index (χ1) is 9.81. The van der Waals surface area contributed by atoms with Crippen molar-refractivity contribution in [2.45, 2.75) is 70.0 Å². The van der Waals surface area contributed by atoms with E-state index in [4.69, 9.17) is 0 Å². The van der Waals surface area contributed by atoms with Crippen molar-refractivity contribution in [3.63, 3.8) is 0 Å². The average Bonchev–Trinajstić information content (AvgIpc) is 2.96. The highest BCUT2D eigenvalue weighted by Gasteiger charge is 2.39. The molecular weight excluding hydrogens is 264 g/mol. The Labute approximate surface area is 127 Å². The van der Waals surface area contributed by atoms with Gasteiger partial charge in [-0.25, -0.2) is 0 Å². The Balaban J connectivity index is 1.70. The molecule has 112 valence electrons. The van der Waals surface area contributed by atoms with Crippen LogP contribution in [-0.4, -0.2) is 29.6 Å². The summed E-state index contributed by atoms with van der Waals surface area (Å²) in [6.45, 7) is 5.91. The molecule has 1 aliphatic heterocycles. The summed E-state index contributed by atoms with van der Waals surface area (Å²) in [7, 11) is 0. The molecule has 2 nitrogen and oxygen atoms in total. The molecule has 1 unspecified atom stereocenters. The third kappa shape index (κ3) is 3.26. The molecule has 2 heterocycles. The number of hydrogen-bond acceptors (Lipinski definition) is 3. The Morgan fingerprint density at radius 2 is 2.20 bits per heavy atom. The van der Waals surface area contributed by atoms with Gasteiger partial charge >= 0.3 is 0 Å². The van der Waals surface area contributed by atoms with Crippen LogP contribution in [0.1, 0.15) is 57.4 Å². The quantitative estimate of drug-likeness (QED) is 0.901. The maximum atomic E-state index is 3.94. The van der Waals surface area contributed by atoms with Crippen LogP contribution in [0.25, 0.3) is 0 Å². The molecule has 1 aromatic rings. The van der Waals surface area contributed by atoms with Crippen molar-refractivity contribution in [1.29, 1.82) is 0 Å². The second-order valence-electron chi connectivity index (χ2n) is 6.70. The van der Waals surface area contributed by atoms with Gasteiger partial charge in [0.1, 0.15) is 0 Å². The monoisotopic (exact) mass is 292 g/mol. The van der Waals surface area contributed by atoms with Gasteiger partial charge in [-0.1, -0.05) is 32.6 Å². The number of rotatable bonds is 4. The normalized spacial score (nSPS) is 26.9. The highest BCUT2D eigenvalue weighted by molar-refractivity contribution is 7.07. The van der Waals surface area contributed by atoms with Gasteiger partial charge in [0.2, 0.25) is 0 Å². The van der Waals surface area contributed by atoms with Crippen LogP contribution in [0, 0.1) is 0 Å². The number of hydrogen-bond donors (Lipinski definition) is 1. The molecule has 0 aromatic carbocycles. The topological polar surface area (TPSA) is 15.3 Å². The summed E-state index contributed by atoms with van der Waals surface area (Å²) in [6, 6.07) is 3.02. The molecular formula is C17H28N2S. The third-order valence-corrected chi connectivity index (χ3v) is 5.87. The van der Waals surface area contributed by atoms with E-state index in [9.17, 15) is 0 Å². The highest BCUT2D eigenvalue weighted by Crippen LogP contribution is 2.33. The van der Waals surface area contributed by atoms with Crippen LogP contribution < -0.4 is 5.32 Å². The lowest BCUT2D eigenvalue weighted by Gasteiger charge is -2.50. The van der Waals surface area contributed by atoms with Gasteiger partial charge in [-0.05, 0) is 41.7 Å². The van der Waals surface area contributed by atoms with Crippen LogP contribution in [0.3, 0.4) is 0 Å². The summed E-state index contributed by atoms with van der Waals surface area (Å²) >= 11 is 1.83. The predicted molar refractivity (Wildman–Crippen MR) is 87.2 cm³/mol. The van der Waals surface area contributed by atoms with E-state index in [2.05, 4.69) is 34.0 Å². The zero-order chi connectivity index (χ0) is 13.8. The fraction of sp³-hybridized carbons (Fsp3) is 0.765. The number of thiophene rings is 1. The second-order valence-corrected chi connectivity index (χ2v) is 7.48. The Kier molecular flexibility index (Phi) is 4.79. The lowest BCUT2D eigenvalue weighted by molar-refractivity contribution is 0.0462. The highest BCUT2D eigenvalue weighted by atomic mass is 32.1. The number of nitrogens with one attached hydrogen (secondary N) is 1. The maximum absolute atomic E-state index is 3.94. The first-order valence-electron chi connectivity index (χ1n) is 8.31. The summed E-state index contributed by atoms with van der Waals surface area (Å²) in [4.78, 5) is 2.77. The van der Waals surface area contributed by atoms with Gasteiger partial charge in [0.05, 0.1) is 0 Å². The van der Waals surface area contributed by atoms with Crippen molar-refractivity contribution in [2.24, 2.45) is 0 Å². The second kappa shape index (κ2) is 6.59. The molecule has 20 heavy (non-hydrogen) atoms. The van der Waals surface area contributed by atoms with E-state index in [1.54, 1.807) is 0 Å². The van der Waals surface area contributed by atoms with Crippen molar-refractivity contribution in [3.8, 4) is 0 Å². The van der Waals surface area contributed by atoms with Gasteiger partial charge in [0, 0.05) is 31.2 Å². The zero-order valence-corrected chi connectivity index (χ0v) is 13.6. The molecule has 1 spiro atoms. The van der Waals surface area contributed by atoms with Gasteiger partial charge < -0.3 is 5.32 Å². The zero-order valence-electron chi connectivity index (χ0n) is 12.7. The van der Waals surface area contributed by atoms with Gasteiger partial charge in [-0.3, -0.25) is 4.90 Å². The van der Waals surface area contributed by atoms with E-state index >= 15 is 0 Å². The molecule has 1 aromatic heterocycles. The van der Waals surface area contributed by atoms with Gasteiger partial charge in [0.15, 0.2) is 0 Å². The molecule has 0 amide bonds. The predicted octanol–water partition coefficient (Wildman–Crippen LogP) is 4.02. The summed E-state index contributed by atoms with van der Waals surface area (Å²) < 4.78 is 0. The summed E-state index contributed by atoms with van der Waals surface area (Å²) in [5.41, 5.74) is 1.93. The SMILES string of the molecule is CCCC1CNC2(CCCCC2)CN1Cc1ccsc1. The van der Waals surface area contributed by atoms with Crippen molar-refractivity contribution in [2.75, 3.05) is 13.1 Å². The molecule has 0 bridgehead atoms. The van der Waals surface area contributed by atoms with E-state index < -0.39 is 0 Å². The first kappa shape index (κ1) is 14.6. The molecule has 2 aliphatic rings. The Bertz CT molecular complexity index is 395. The van der Waals surface area contributed by atoms with E-state index in [1.165, 1.54) is 63.6 Å². The molecule has 2 fully saturated rings. The molecule has 3 heteroatoms. The lowest BCUT2D eigenvalue weighted by atomic mass is 9.79. The maximum Gasteiger partial charge on any atom is 0.0309 e. The summed E-state index contributed by atoms with van der Waals surface area (Å²) in [6.07, 6.45) is 9.65. The molecule has 1 atom stereocenters. The van der Waals surface area contributed by atoms with Crippen molar-refractivity contribution >= 4 is 11.3 Å². The molecule has 3 rings (SSSR count). The minimum Gasteiger partial charge on any atom is -0.308 e. The fourth-order valence-corrected chi connectivity index (χ4v) is 4.68. The third-order valence-electron chi connectivity index (χ3n) is 5.13. The molecule has 0 radical (unpaired) electrons. The minimum absolute atomic E-state index is 0.429. The van der Waals surface area contributed by atoms with Crippen molar-refractivity contribution in [1.82, 2.24) is 10.2 Å². The van der Waals surface area contributed by atoms with E-state index in [-0.39, 0.29) is 0 Å². The Hall–Kier alpha value is -0.380. The van der Waals surface area contributed by atoms with Crippen LogP contribution in [0.2, 0.25) is 0 Å². The van der Waals surface area contributed by atoms with Gasteiger partial charge in [-0.2, -0.15) is 11.3 Å². The van der Waals surface area contributed by atoms with Gasteiger partial charge in [-0.15, -0.1) is 0 Å². The van der Waals surface area contributed by atoms with Crippen molar-refractivity contribution < 1.29 is 0 Å². The smallest absolute Gasteiger partial charge is 0.0309 e. The van der Waals surface area contributed by atoms with Crippen LogP contribution in [-0.2, 0) is 6.54 Å². The van der Waals surface area contributed by atoms with E-state index in [0.717, 1.165) is 12.6 Å². The summed E-state index contributed by atoms with van der Waals surface area (Å²) in [5.74, 6) is 0. The van der Waals surface area contributed by atoms with Crippen LogP contribution >= 0.6 is 11.3 Å². The number of nitrogens with zero attached hydrogens (tertiary/aromatic N) is 1. The fourth-order valence-electron chi connectivity index (χ4n) is 4.02. The summed E-state index contributed by atoms with van der Waals surface area (Å²) in [5, 5.41) is 8.47. The van der Waals surface area contributed by atoms with Gasteiger partial charge in [0.25, 0.3) is 0 Å². The minimum atomic E-state index is 0.429. The van der Waals surface area contributed by atoms with E-state index in [0.29, 0.717) is 5.54 Å². The van der Waals surface area contributed by atoms with Crippen molar-refractivity contribution in [3.05, 3.63) is 22.4 Å². The van der Waals surface area contributed by atoms with Crippen LogP contribution in [0.5, 0.6) is 0 Å². The Morgan fingerprint density at radius 1 is 1.35 bits per heavy atom. The lowest BCUT2D eigenvalue weighted by Crippen LogP contribution is -2.64. The molecule has 1 aliphatic carbocycles. The van der Waals surface area contributed by atoms with Crippen LogP contribution in [0.4, 0.5) is 0 Å². The average molecular weight is 292 g/mol. The first-order valence-corrected chi connectivity index (χ1v) is 9.26. The van der Waals surface area contributed by atoms with E-state index in [1.807, 2.05) is 11.3 Å². The largest absolute Gasteiger partial charge is 0.308 e. The Morgan fingerprint density at radius 3 is 2.90 bits per heavy atom. The molecule has 1 saturated heterocycles. The molecule has 1 N–H and O–H groups in total. The standard InChI is InChI=1S/C17H28N2S/c1-2-6-16-11-18-17(8-4-3-5-9-17)14-19(16)12-15-7-10-20-13-15/h7,10,13,16,18H,2-6,8-9,11-12,14H2,1H3. The molecule has 1 saturated carbocycles. The van der Waals surface area contributed by atoms with Crippen LogP contribution in [0.15, 0.2) is 16.8 Å².